The SMILES string of the molecule is OC(CNC1CCCC1)c1cccc(Cl)c1. The number of nitrogens with one attached hydrogen (secondary N) is 1. The number of benzene rings is 1. The maximum atomic E-state index is 9.98. The Kier molecular flexibility index (Phi) is 4.22. The zero-order chi connectivity index (χ0) is 11.4. The van der Waals surface area contributed by atoms with E-state index in [1.54, 1.807) is 0 Å². The van der Waals surface area contributed by atoms with Crippen molar-refractivity contribution in [2.45, 2.75) is 37.8 Å². The van der Waals surface area contributed by atoms with Crippen LogP contribution in [0.1, 0.15) is 37.4 Å². The molecule has 1 aliphatic carbocycles. The molecule has 2 nitrogen and oxygen atoms in total. The minimum absolute atomic E-state index is 0.459. The summed E-state index contributed by atoms with van der Waals surface area (Å²) in [5.41, 5.74) is 0.887. The van der Waals surface area contributed by atoms with Gasteiger partial charge in [0, 0.05) is 17.6 Å². The molecule has 1 aliphatic rings. The number of rotatable bonds is 4. The second kappa shape index (κ2) is 5.67. The fraction of sp³-hybridized carbons (Fsp3) is 0.538. The topological polar surface area (TPSA) is 32.3 Å². The van der Waals surface area contributed by atoms with Crippen LogP contribution in [0.15, 0.2) is 24.3 Å². The third kappa shape index (κ3) is 3.21. The van der Waals surface area contributed by atoms with E-state index < -0.39 is 6.10 Å². The normalized spacial score (nSPS) is 18.9. The first kappa shape index (κ1) is 11.9. The van der Waals surface area contributed by atoms with Crippen molar-refractivity contribution < 1.29 is 5.11 Å². The predicted octanol–water partition coefficient (Wildman–Crippen LogP) is 2.91. The van der Waals surface area contributed by atoms with Crippen LogP contribution in [0.5, 0.6) is 0 Å². The first-order chi connectivity index (χ1) is 7.75. The van der Waals surface area contributed by atoms with Crippen LogP contribution < -0.4 is 5.32 Å². The monoisotopic (exact) mass is 239 g/mol. The molecule has 88 valence electrons. The summed E-state index contributed by atoms with van der Waals surface area (Å²) < 4.78 is 0. The summed E-state index contributed by atoms with van der Waals surface area (Å²) in [6, 6.07) is 8.02. The van der Waals surface area contributed by atoms with Gasteiger partial charge in [-0.15, -0.1) is 0 Å². The summed E-state index contributed by atoms with van der Waals surface area (Å²) in [6.07, 6.45) is 4.64. The van der Waals surface area contributed by atoms with Gasteiger partial charge in [-0.1, -0.05) is 36.6 Å². The van der Waals surface area contributed by atoms with Gasteiger partial charge in [-0.3, -0.25) is 0 Å². The number of halogens is 1. The molecule has 1 fully saturated rings. The number of hydrogen-bond donors (Lipinski definition) is 2. The van der Waals surface area contributed by atoms with E-state index in [0.29, 0.717) is 17.6 Å². The van der Waals surface area contributed by atoms with E-state index in [4.69, 9.17) is 11.6 Å². The molecule has 0 amide bonds. The molecule has 0 bridgehead atoms. The molecule has 1 saturated carbocycles. The maximum Gasteiger partial charge on any atom is 0.0914 e. The van der Waals surface area contributed by atoms with Crippen LogP contribution >= 0.6 is 11.6 Å². The smallest absolute Gasteiger partial charge is 0.0914 e. The van der Waals surface area contributed by atoms with Crippen molar-refractivity contribution >= 4 is 11.6 Å². The molecule has 0 saturated heterocycles. The Balaban J connectivity index is 1.85. The molecule has 2 rings (SSSR count). The summed E-state index contributed by atoms with van der Waals surface area (Å²) in [7, 11) is 0. The second-order valence-electron chi connectivity index (χ2n) is 4.46. The van der Waals surface area contributed by atoms with Crippen molar-refractivity contribution in [3.05, 3.63) is 34.9 Å². The molecule has 0 radical (unpaired) electrons. The van der Waals surface area contributed by atoms with Crippen molar-refractivity contribution in [2.24, 2.45) is 0 Å². The van der Waals surface area contributed by atoms with Gasteiger partial charge < -0.3 is 10.4 Å². The fourth-order valence-corrected chi connectivity index (χ4v) is 2.44. The van der Waals surface area contributed by atoms with Crippen molar-refractivity contribution in [3.8, 4) is 0 Å². The molecule has 0 aromatic heterocycles. The zero-order valence-corrected chi connectivity index (χ0v) is 10.1. The van der Waals surface area contributed by atoms with Gasteiger partial charge in [0.05, 0.1) is 6.10 Å². The molecule has 2 N–H and O–H groups in total. The standard InChI is InChI=1S/C13H18ClNO/c14-11-5-3-4-10(8-11)13(16)9-15-12-6-1-2-7-12/h3-5,8,12-13,15-16H,1-2,6-7,9H2. The highest BCUT2D eigenvalue weighted by Gasteiger charge is 2.16. The van der Waals surface area contributed by atoms with Crippen LogP contribution in [0.4, 0.5) is 0 Å². The van der Waals surface area contributed by atoms with E-state index in [2.05, 4.69) is 5.32 Å². The summed E-state index contributed by atoms with van der Waals surface area (Å²) in [6.45, 7) is 0.616. The summed E-state index contributed by atoms with van der Waals surface area (Å²) in [5, 5.41) is 14.1. The van der Waals surface area contributed by atoms with Gasteiger partial charge in [0.15, 0.2) is 0 Å². The van der Waals surface area contributed by atoms with Crippen molar-refractivity contribution in [3.63, 3.8) is 0 Å². The van der Waals surface area contributed by atoms with Crippen molar-refractivity contribution in [2.75, 3.05) is 6.54 Å². The maximum absolute atomic E-state index is 9.98. The Morgan fingerprint density at radius 1 is 1.38 bits per heavy atom. The lowest BCUT2D eigenvalue weighted by Gasteiger charge is -2.16. The van der Waals surface area contributed by atoms with Crippen LogP contribution in [0.3, 0.4) is 0 Å². The van der Waals surface area contributed by atoms with Crippen molar-refractivity contribution in [1.29, 1.82) is 0 Å². The third-order valence-electron chi connectivity index (χ3n) is 3.19. The van der Waals surface area contributed by atoms with Gasteiger partial charge in [0.2, 0.25) is 0 Å². The Hall–Kier alpha value is -0.570. The molecular formula is C13H18ClNO. The average molecular weight is 240 g/mol. The molecule has 0 spiro atoms. The van der Waals surface area contributed by atoms with Gasteiger partial charge in [0.1, 0.15) is 0 Å². The molecule has 0 heterocycles. The van der Waals surface area contributed by atoms with Gasteiger partial charge >= 0.3 is 0 Å². The van der Waals surface area contributed by atoms with E-state index in [0.717, 1.165) is 5.56 Å². The zero-order valence-electron chi connectivity index (χ0n) is 9.32. The lowest BCUT2D eigenvalue weighted by Crippen LogP contribution is -2.30. The van der Waals surface area contributed by atoms with Crippen LogP contribution in [0, 0.1) is 0 Å². The van der Waals surface area contributed by atoms with Crippen LogP contribution in [-0.4, -0.2) is 17.7 Å². The molecule has 1 atom stereocenters. The van der Waals surface area contributed by atoms with Crippen LogP contribution in [0.25, 0.3) is 0 Å². The lowest BCUT2D eigenvalue weighted by atomic mass is 10.1. The minimum atomic E-state index is -0.459. The number of aliphatic hydroxyl groups is 1. The highest BCUT2D eigenvalue weighted by Crippen LogP contribution is 2.20. The van der Waals surface area contributed by atoms with Crippen molar-refractivity contribution in [1.82, 2.24) is 5.32 Å². The first-order valence-electron chi connectivity index (χ1n) is 5.92. The Labute approximate surface area is 102 Å². The molecule has 1 unspecified atom stereocenters. The first-order valence-corrected chi connectivity index (χ1v) is 6.30. The summed E-state index contributed by atoms with van der Waals surface area (Å²) in [5.74, 6) is 0. The fourth-order valence-electron chi connectivity index (χ4n) is 2.24. The summed E-state index contributed by atoms with van der Waals surface area (Å²) in [4.78, 5) is 0. The van der Waals surface area contributed by atoms with Gasteiger partial charge in [0.25, 0.3) is 0 Å². The van der Waals surface area contributed by atoms with E-state index in [-0.39, 0.29) is 0 Å². The molecule has 1 aromatic rings. The number of hydrogen-bond acceptors (Lipinski definition) is 2. The number of aliphatic hydroxyl groups excluding tert-OH is 1. The second-order valence-corrected chi connectivity index (χ2v) is 4.90. The van der Waals surface area contributed by atoms with Gasteiger partial charge in [-0.05, 0) is 30.5 Å². The summed E-state index contributed by atoms with van der Waals surface area (Å²) >= 11 is 5.88. The predicted molar refractivity (Wildman–Crippen MR) is 66.7 cm³/mol. The Morgan fingerprint density at radius 2 is 2.12 bits per heavy atom. The van der Waals surface area contributed by atoms with Gasteiger partial charge in [-0.2, -0.15) is 0 Å². The highest BCUT2D eigenvalue weighted by atomic mass is 35.5. The van der Waals surface area contributed by atoms with Crippen LogP contribution in [-0.2, 0) is 0 Å². The molecule has 16 heavy (non-hydrogen) atoms. The minimum Gasteiger partial charge on any atom is -0.387 e. The Bertz CT molecular complexity index is 336. The van der Waals surface area contributed by atoms with E-state index in [1.165, 1.54) is 25.7 Å². The Morgan fingerprint density at radius 3 is 2.81 bits per heavy atom. The van der Waals surface area contributed by atoms with E-state index in [1.807, 2.05) is 24.3 Å². The quantitative estimate of drug-likeness (QED) is 0.847. The molecule has 0 aliphatic heterocycles. The molecule has 3 heteroatoms. The van der Waals surface area contributed by atoms with E-state index in [9.17, 15) is 5.11 Å². The lowest BCUT2D eigenvalue weighted by molar-refractivity contribution is 0.170. The molecular weight excluding hydrogens is 222 g/mol. The average Bonchev–Trinajstić information content (AvgIpc) is 2.78. The molecule has 1 aromatic carbocycles. The van der Waals surface area contributed by atoms with E-state index >= 15 is 0 Å². The van der Waals surface area contributed by atoms with Crippen LogP contribution in [0.2, 0.25) is 5.02 Å². The largest absolute Gasteiger partial charge is 0.387 e. The highest BCUT2D eigenvalue weighted by molar-refractivity contribution is 6.30. The van der Waals surface area contributed by atoms with Gasteiger partial charge in [-0.25, -0.2) is 0 Å². The third-order valence-corrected chi connectivity index (χ3v) is 3.42.